The van der Waals surface area contributed by atoms with E-state index in [2.05, 4.69) is 36.5 Å². The molecule has 0 aromatic heterocycles. The van der Waals surface area contributed by atoms with E-state index in [4.69, 9.17) is 4.74 Å². The van der Waals surface area contributed by atoms with Gasteiger partial charge in [-0.2, -0.15) is 0 Å². The van der Waals surface area contributed by atoms with Crippen molar-refractivity contribution in [3.63, 3.8) is 0 Å². The lowest BCUT2D eigenvalue weighted by atomic mass is 9.97. The average molecular weight is 567 g/mol. The molecule has 0 saturated carbocycles. The summed E-state index contributed by atoms with van der Waals surface area (Å²) in [6.07, 6.45) is 1.85. The number of aliphatic imine (C=N–C) groups is 1. The van der Waals surface area contributed by atoms with Gasteiger partial charge < -0.3 is 20.3 Å². The highest BCUT2D eigenvalue weighted by Crippen LogP contribution is 2.18. The van der Waals surface area contributed by atoms with Crippen molar-refractivity contribution in [1.82, 2.24) is 10.2 Å². The third kappa shape index (κ3) is 7.94. The maximum absolute atomic E-state index is 12.1. The molecule has 1 aromatic rings. The number of piperidine rings is 1. The summed E-state index contributed by atoms with van der Waals surface area (Å²) in [6, 6.07) is 7.47. The first-order valence-corrected chi connectivity index (χ1v) is 10.0. The van der Waals surface area contributed by atoms with Crippen molar-refractivity contribution < 1.29 is 14.3 Å². The van der Waals surface area contributed by atoms with Crippen molar-refractivity contribution in [1.29, 1.82) is 0 Å². The van der Waals surface area contributed by atoms with Gasteiger partial charge in [-0.1, -0.05) is 15.9 Å². The fourth-order valence-electron chi connectivity index (χ4n) is 2.96. The normalized spacial score (nSPS) is 14.8. The number of nitrogens with one attached hydrogen (secondary N) is 2. The van der Waals surface area contributed by atoms with Crippen molar-refractivity contribution in [3.05, 3.63) is 28.7 Å². The van der Waals surface area contributed by atoms with Crippen LogP contribution < -0.4 is 10.6 Å². The lowest BCUT2D eigenvalue weighted by molar-refractivity contribution is -0.149. The van der Waals surface area contributed by atoms with E-state index >= 15 is 0 Å². The second-order valence-corrected chi connectivity index (χ2v) is 7.21. The van der Waals surface area contributed by atoms with Crippen molar-refractivity contribution >= 4 is 63.4 Å². The molecule has 0 aliphatic carbocycles. The molecule has 0 atom stereocenters. The number of carbonyl (C=O) groups excluding carboxylic acids is 2. The van der Waals surface area contributed by atoms with Crippen LogP contribution in [0.3, 0.4) is 0 Å². The molecule has 28 heavy (non-hydrogen) atoms. The van der Waals surface area contributed by atoms with Gasteiger partial charge in [0.05, 0.1) is 12.5 Å². The predicted octanol–water partition coefficient (Wildman–Crippen LogP) is 3.25. The van der Waals surface area contributed by atoms with Crippen LogP contribution in [0.2, 0.25) is 0 Å². The Bertz CT molecular complexity index is 662. The van der Waals surface area contributed by atoms with E-state index in [1.807, 2.05) is 31.2 Å². The van der Waals surface area contributed by atoms with Crippen molar-refractivity contribution in [2.24, 2.45) is 10.9 Å². The number of halogens is 2. The average Bonchev–Trinajstić information content (AvgIpc) is 2.67. The maximum atomic E-state index is 12.1. The minimum atomic E-state index is -0.107. The lowest BCUT2D eigenvalue weighted by Crippen LogP contribution is -2.47. The van der Waals surface area contributed by atoms with E-state index in [0.29, 0.717) is 19.6 Å². The Hall–Kier alpha value is -1.36. The number of hydrogen-bond donors (Lipinski definition) is 2. The summed E-state index contributed by atoms with van der Waals surface area (Å²) in [5.41, 5.74) is 0.772. The third-order valence-electron chi connectivity index (χ3n) is 4.39. The number of hydrogen-bond acceptors (Lipinski definition) is 4. The van der Waals surface area contributed by atoms with E-state index in [1.165, 1.54) is 0 Å². The summed E-state index contributed by atoms with van der Waals surface area (Å²) in [5, 5.41) is 6.09. The molecule has 156 valence electrons. The van der Waals surface area contributed by atoms with E-state index < -0.39 is 0 Å². The Labute approximate surface area is 191 Å². The molecule has 7 nitrogen and oxygen atoms in total. The van der Waals surface area contributed by atoms with Gasteiger partial charge in [-0.15, -0.1) is 24.0 Å². The first-order valence-electron chi connectivity index (χ1n) is 9.21. The molecule has 0 unspecified atom stereocenters. The lowest BCUT2D eigenvalue weighted by Gasteiger charge is -2.33. The Kier molecular flexibility index (Phi) is 11.4. The molecule has 1 aromatic carbocycles. The highest BCUT2D eigenvalue weighted by Gasteiger charge is 2.27. The smallest absolute Gasteiger partial charge is 0.309 e. The van der Waals surface area contributed by atoms with Crippen LogP contribution in [0.5, 0.6) is 0 Å². The zero-order valence-corrected chi connectivity index (χ0v) is 20.2. The van der Waals surface area contributed by atoms with E-state index in [1.54, 1.807) is 7.05 Å². The van der Waals surface area contributed by atoms with Crippen LogP contribution in [0.25, 0.3) is 0 Å². The molecule has 1 amide bonds. The minimum absolute atomic E-state index is 0. The SMILES string of the molecule is CCOC(=O)C1CCN(C(=NC)NCCC(=O)Nc2ccc(Br)cc2)CC1.I. The quantitative estimate of drug-likeness (QED) is 0.239. The molecular formula is C19H28BrIN4O3. The van der Waals surface area contributed by atoms with Crippen molar-refractivity contribution in [3.8, 4) is 0 Å². The van der Waals surface area contributed by atoms with Crippen LogP contribution >= 0.6 is 39.9 Å². The first-order chi connectivity index (χ1) is 13.0. The van der Waals surface area contributed by atoms with Gasteiger partial charge in [-0.25, -0.2) is 0 Å². The number of ether oxygens (including phenoxy) is 1. The van der Waals surface area contributed by atoms with Gasteiger partial charge in [0.2, 0.25) is 5.91 Å². The van der Waals surface area contributed by atoms with Crippen LogP contribution in [0.1, 0.15) is 26.2 Å². The number of nitrogens with zero attached hydrogens (tertiary/aromatic N) is 2. The third-order valence-corrected chi connectivity index (χ3v) is 4.92. The second-order valence-electron chi connectivity index (χ2n) is 6.29. The summed E-state index contributed by atoms with van der Waals surface area (Å²) >= 11 is 3.37. The maximum Gasteiger partial charge on any atom is 0.309 e. The van der Waals surface area contributed by atoms with Gasteiger partial charge in [-0.05, 0) is 44.0 Å². The van der Waals surface area contributed by atoms with Gasteiger partial charge in [0.1, 0.15) is 0 Å². The van der Waals surface area contributed by atoms with Crippen LogP contribution in [0, 0.1) is 5.92 Å². The minimum Gasteiger partial charge on any atom is -0.466 e. The second kappa shape index (κ2) is 13.0. The van der Waals surface area contributed by atoms with Crippen LogP contribution in [-0.2, 0) is 14.3 Å². The van der Waals surface area contributed by atoms with E-state index in [-0.39, 0.29) is 41.8 Å². The molecule has 1 heterocycles. The highest BCUT2D eigenvalue weighted by atomic mass is 127. The summed E-state index contributed by atoms with van der Waals surface area (Å²) in [7, 11) is 1.72. The first kappa shape index (κ1) is 24.7. The summed E-state index contributed by atoms with van der Waals surface area (Å²) in [6.45, 7) is 4.23. The van der Waals surface area contributed by atoms with Gasteiger partial charge >= 0.3 is 5.97 Å². The molecule has 9 heteroatoms. The predicted molar refractivity (Wildman–Crippen MR) is 125 cm³/mol. The van der Waals surface area contributed by atoms with E-state index in [0.717, 1.165) is 42.1 Å². The topological polar surface area (TPSA) is 83.0 Å². The molecule has 1 aliphatic heterocycles. The summed E-state index contributed by atoms with van der Waals surface area (Å²) < 4.78 is 6.07. The number of esters is 1. The fourth-order valence-corrected chi connectivity index (χ4v) is 3.23. The molecule has 0 spiro atoms. The Morgan fingerprint density at radius 2 is 1.89 bits per heavy atom. The number of carbonyl (C=O) groups is 2. The number of anilines is 1. The Morgan fingerprint density at radius 1 is 1.25 bits per heavy atom. The standard InChI is InChI=1S/C19H27BrN4O3.HI/c1-3-27-18(26)14-9-12-24(13-10-14)19(21-2)22-11-8-17(25)23-16-6-4-15(20)5-7-16;/h4-7,14H,3,8-13H2,1-2H3,(H,21,22)(H,23,25);1H. The number of benzene rings is 1. The molecule has 1 saturated heterocycles. The molecule has 0 bridgehead atoms. The zero-order chi connectivity index (χ0) is 19.6. The zero-order valence-electron chi connectivity index (χ0n) is 16.2. The van der Waals surface area contributed by atoms with Gasteiger partial charge in [-0.3, -0.25) is 14.6 Å². The largest absolute Gasteiger partial charge is 0.466 e. The van der Waals surface area contributed by atoms with Gasteiger partial charge in [0.25, 0.3) is 0 Å². The molecule has 1 fully saturated rings. The molecule has 2 N–H and O–H groups in total. The van der Waals surface area contributed by atoms with Crippen LogP contribution in [0.15, 0.2) is 33.7 Å². The molecule has 2 rings (SSSR count). The number of amides is 1. The van der Waals surface area contributed by atoms with Crippen LogP contribution in [0.4, 0.5) is 5.69 Å². The highest BCUT2D eigenvalue weighted by molar-refractivity contribution is 14.0. The van der Waals surface area contributed by atoms with Crippen LogP contribution in [-0.4, -0.2) is 56.0 Å². The van der Waals surface area contributed by atoms with E-state index in [9.17, 15) is 9.59 Å². The Balaban J connectivity index is 0.00000392. The molecule has 1 aliphatic rings. The number of rotatable bonds is 6. The fraction of sp³-hybridized carbons (Fsp3) is 0.526. The van der Waals surface area contributed by atoms with Crippen molar-refractivity contribution in [2.45, 2.75) is 26.2 Å². The number of likely N-dealkylation sites (tertiary alicyclic amines) is 1. The molecule has 0 radical (unpaired) electrons. The molecular weight excluding hydrogens is 539 g/mol. The monoisotopic (exact) mass is 566 g/mol. The summed E-state index contributed by atoms with van der Waals surface area (Å²) in [5.74, 6) is 0.566. The Morgan fingerprint density at radius 3 is 2.46 bits per heavy atom. The number of guanidine groups is 1. The van der Waals surface area contributed by atoms with Gasteiger partial charge in [0.15, 0.2) is 5.96 Å². The summed E-state index contributed by atoms with van der Waals surface area (Å²) in [4.78, 5) is 30.3. The van der Waals surface area contributed by atoms with Crippen molar-refractivity contribution in [2.75, 3.05) is 38.6 Å². The van der Waals surface area contributed by atoms with Gasteiger partial charge in [0, 0.05) is 43.3 Å².